The lowest BCUT2D eigenvalue weighted by atomic mass is 10.0. The van der Waals surface area contributed by atoms with Crippen molar-refractivity contribution in [3.8, 4) is 5.75 Å². The Balaban J connectivity index is 1.56. The van der Waals surface area contributed by atoms with Crippen LogP contribution in [0.1, 0.15) is 5.56 Å². The van der Waals surface area contributed by atoms with Crippen LogP contribution >= 0.6 is 0 Å². The van der Waals surface area contributed by atoms with Gasteiger partial charge in [0.2, 0.25) is 0 Å². The normalized spacial score (nSPS) is 10.5. The van der Waals surface area contributed by atoms with E-state index >= 15 is 0 Å². The summed E-state index contributed by atoms with van der Waals surface area (Å²) in [7, 11) is 2.98. The average Bonchev–Trinajstić information content (AvgIpc) is 2.68. The summed E-state index contributed by atoms with van der Waals surface area (Å²) in [4.78, 5) is 16.6. The predicted octanol–water partition coefficient (Wildman–Crippen LogP) is 4.49. The topological polar surface area (TPSA) is 50.8 Å². The third-order valence-electron chi connectivity index (χ3n) is 4.19. The first kappa shape index (κ1) is 17.8. The zero-order chi connectivity index (χ0) is 18.4. The Bertz CT molecular complexity index is 873. The molecule has 0 spiro atoms. The predicted molar refractivity (Wildman–Crippen MR) is 103 cm³/mol. The quantitative estimate of drug-likeness (QED) is 0.667. The highest BCUT2D eigenvalue weighted by molar-refractivity contribution is 5.88. The van der Waals surface area contributed by atoms with Crippen molar-refractivity contribution in [1.82, 2.24) is 5.06 Å². The maximum absolute atomic E-state index is 11.7. The monoisotopic (exact) mass is 350 g/mol. The number of hydrogen-bond acceptors (Lipinski definition) is 3. The van der Waals surface area contributed by atoms with Crippen molar-refractivity contribution in [3.05, 3.63) is 72.3 Å². The van der Waals surface area contributed by atoms with Crippen molar-refractivity contribution in [2.75, 3.05) is 26.1 Å². The molecule has 26 heavy (non-hydrogen) atoms. The Labute approximate surface area is 153 Å². The van der Waals surface area contributed by atoms with Crippen LogP contribution in [0.3, 0.4) is 0 Å². The minimum Gasteiger partial charge on any atom is -0.493 e. The van der Waals surface area contributed by atoms with Crippen LogP contribution in [0.2, 0.25) is 0 Å². The molecule has 0 saturated carbocycles. The first-order valence-electron chi connectivity index (χ1n) is 8.45. The molecule has 0 unspecified atom stereocenters. The van der Waals surface area contributed by atoms with Gasteiger partial charge in [-0.25, -0.2) is 9.86 Å². The van der Waals surface area contributed by atoms with Gasteiger partial charge in [-0.05, 0) is 40.6 Å². The maximum atomic E-state index is 11.7. The lowest BCUT2D eigenvalue weighted by molar-refractivity contribution is -0.0598. The van der Waals surface area contributed by atoms with Gasteiger partial charge in [0, 0.05) is 19.2 Å². The minimum atomic E-state index is -0.336. The van der Waals surface area contributed by atoms with E-state index in [0.29, 0.717) is 12.3 Å². The van der Waals surface area contributed by atoms with Gasteiger partial charge >= 0.3 is 6.03 Å². The Morgan fingerprint density at radius 3 is 2.50 bits per heavy atom. The second kappa shape index (κ2) is 8.36. The number of urea groups is 1. The Morgan fingerprint density at radius 1 is 1.00 bits per heavy atom. The molecule has 0 radical (unpaired) electrons. The number of carbonyl (C=O) groups is 1. The van der Waals surface area contributed by atoms with Gasteiger partial charge in [-0.2, -0.15) is 0 Å². The number of fused-ring (bicyclic) bond motifs is 1. The summed E-state index contributed by atoms with van der Waals surface area (Å²) in [5.74, 6) is 0.767. The van der Waals surface area contributed by atoms with Gasteiger partial charge < -0.3 is 10.1 Å². The lowest BCUT2D eigenvalue weighted by Gasteiger charge is -2.15. The van der Waals surface area contributed by atoms with Crippen molar-refractivity contribution in [3.63, 3.8) is 0 Å². The molecule has 0 bridgehead atoms. The van der Waals surface area contributed by atoms with E-state index in [-0.39, 0.29) is 6.03 Å². The molecule has 0 aromatic heterocycles. The SMILES string of the molecule is CON(C)C(=O)Nc1ccc(OCCc2cccc3ccccc23)cc1. The first-order chi connectivity index (χ1) is 12.7. The highest BCUT2D eigenvalue weighted by Crippen LogP contribution is 2.20. The maximum Gasteiger partial charge on any atom is 0.345 e. The van der Waals surface area contributed by atoms with Crippen LogP contribution in [0.15, 0.2) is 66.7 Å². The molecule has 2 amide bonds. The van der Waals surface area contributed by atoms with E-state index in [1.54, 1.807) is 19.2 Å². The fourth-order valence-corrected chi connectivity index (χ4v) is 2.71. The Morgan fingerprint density at radius 2 is 1.73 bits per heavy atom. The standard InChI is InChI=1S/C21H22N2O3/c1-23(25-2)21(24)22-18-10-12-19(13-11-18)26-15-14-17-8-5-7-16-6-3-4-9-20(16)17/h3-13H,14-15H2,1-2H3,(H,22,24). The molecular formula is C21H22N2O3. The highest BCUT2D eigenvalue weighted by atomic mass is 16.7. The van der Waals surface area contributed by atoms with Gasteiger partial charge in [-0.3, -0.25) is 4.84 Å². The molecule has 0 fully saturated rings. The summed E-state index contributed by atoms with van der Waals surface area (Å²) in [6.07, 6.45) is 0.832. The molecule has 0 saturated heterocycles. The van der Waals surface area contributed by atoms with Crippen molar-refractivity contribution in [1.29, 1.82) is 0 Å². The van der Waals surface area contributed by atoms with Gasteiger partial charge in [0.05, 0.1) is 13.7 Å². The number of ether oxygens (including phenoxy) is 1. The van der Waals surface area contributed by atoms with Crippen LogP contribution in [-0.2, 0) is 11.3 Å². The lowest BCUT2D eigenvalue weighted by Crippen LogP contribution is -2.30. The van der Waals surface area contributed by atoms with Crippen LogP contribution < -0.4 is 10.1 Å². The van der Waals surface area contributed by atoms with Crippen molar-refractivity contribution < 1.29 is 14.4 Å². The van der Waals surface area contributed by atoms with Crippen LogP contribution in [-0.4, -0.2) is 31.9 Å². The van der Waals surface area contributed by atoms with Gasteiger partial charge in [-0.15, -0.1) is 0 Å². The summed E-state index contributed by atoms with van der Waals surface area (Å²) >= 11 is 0. The molecule has 0 aliphatic heterocycles. The number of nitrogens with zero attached hydrogens (tertiary/aromatic N) is 1. The Kier molecular flexibility index (Phi) is 5.71. The molecule has 134 valence electrons. The van der Waals surface area contributed by atoms with E-state index in [9.17, 15) is 4.79 Å². The first-order valence-corrected chi connectivity index (χ1v) is 8.45. The molecule has 5 heteroatoms. The van der Waals surface area contributed by atoms with Crippen LogP contribution in [0.25, 0.3) is 10.8 Å². The van der Waals surface area contributed by atoms with E-state index in [0.717, 1.165) is 17.2 Å². The molecule has 3 aromatic rings. The summed E-state index contributed by atoms with van der Waals surface area (Å²) in [5, 5.41) is 6.35. The number of carbonyl (C=O) groups excluding carboxylic acids is 1. The number of rotatable bonds is 6. The molecular weight excluding hydrogens is 328 g/mol. The summed E-state index contributed by atoms with van der Waals surface area (Å²) < 4.78 is 5.84. The number of amides is 2. The number of hydrogen-bond donors (Lipinski definition) is 1. The molecule has 0 heterocycles. The smallest absolute Gasteiger partial charge is 0.345 e. The van der Waals surface area contributed by atoms with Gasteiger partial charge in [-0.1, -0.05) is 42.5 Å². The molecule has 3 aromatic carbocycles. The van der Waals surface area contributed by atoms with Crippen LogP contribution in [0.5, 0.6) is 5.75 Å². The number of anilines is 1. The van der Waals surface area contributed by atoms with Crippen molar-refractivity contribution >= 4 is 22.5 Å². The third kappa shape index (κ3) is 4.32. The fourth-order valence-electron chi connectivity index (χ4n) is 2.71. The van der Waals surface area contributed by atoms with E-state index in [1.165, 1.54) is 23.4 Å². The Hall–Kier alpha value is -3.05. The van der Waals surface area contributed by atoms with E-state index < -0.39 is 0 Å². The molecule has 3 rings (SSSR count). The van der Waals surface area contributed by atoms with E-state index in [4.69, 9.17) is 9.57 Å². The summed E-state index contributed by atoms with van der Waals surface area (Å²) in [6, 6.07) is 21.6. The fraction of sp³-hybridized carbons (Fsp3) is 0.190. The zero-order valence-corrected chi connectivity index (χ0v) is 14.9. The molecule has 1 N–H and O–H groups in total. The molecule has 5 nitrogen and oxygen atoms in total. The second-order valence-corrected chi connectivity index (χ2v) is 5.87. The molecule has 0 aliphatic carbocycles. The van der Waals surface area contributed by atoms with Crippen molar-refractivity contribution in [2.45, 2.75) is 6.42 Å². The second-order valence-electron chi connectivity index (χ2n) is 5.87. The molecule has 0 aliphatic rings. The number of hydroxylamine groups is 2. The molecule has 0 atom stereocenters. The summed E-state index contributed by atoms with van der Waals surface area (Å²) in [6.45, 7) is 0.589. The number of nitrogens with one attached hydrogen (secondary N) is 1. The van der Waals surface area contributed by atoms with Gasteiger partial charge in [0.25, 0.3) is 0 Å². The van der Waals surface area contributed by atoms with Crippen LogP contribution in [0, 0.1) is 0 Å². The van der Waals surface area contributed by atoms with Crippen LogP contribution in [0.4, 0.5) is 10.5 Å². The van der Waals surface area contributed by atoms with E-state index in [2.05, 4.69) is 41.7 Å². The van der Waals surface area contributed by atoms with Gasteiger partial charge in [0.1, 0.15) is 5.75 Å². The van der Waals surface area contributed by atoms with Crippen molar-refractivity contribution in [2.24, 2.45) is 0 Å². The third-order valence-corrected chi connectivity index (χ3v) is 4.19. The minimum absolute atomic E-state index is 0.336. The largest absolute Gasteiger partial charge is 0.493 e. The number of benzene rings is 3. The van der Waals surface area contributed by atoms with Gasteiger partial charge in [0.15, 0.2) is 0 Å². The zero-order valence-electron chi connectivity index (χ0n) is 14.9. The summed E-state index contributed by atoms with van der Waals surface area (Å²) in [5.41, 5.74) is 1.95. The van der Waals surface area contributed by atoms with E-state index in [1.807, 2.05) is 18.2 Å². The highest BCUT2D eigenvalue weighted by Gasteiger charge is 2.07. The average molecular weight is 350 g/mol.